The number of pyridine rings is 1. The van der Waals surface area contributed by atoms with Gasteiger partial charge in [0.05, 0.1) is 6.54 Å². The van der Waals surface area contributed by atoms with Crippen LogP contribution in [0.2, 0.25) is 0 Å². The Morgan fingerprint density at radius 3 is 2.80 bits per heavy atom. The largest absolute Gasteiger partial charge is 0.472 e. The highest BCUT2D eigenvalue weighted by Crippen LogP contribution is 2.20. The molecule has 0 saturated carbocycles. The molecule has 1 saturated heterocycles. The van der Waals surface area contributed by atoms with Gasteiger partial charge in [-0.2, -0.15) is 0 Å². The SMILES string of the molecule is CCC(CC)C(=O)N1CCC(Oc2ccc(C)cn2)C1. The van der Waals surface area contributed by atoms with E-state index in [-0.39, 0.29) is 17.9 Å². The van der Waals surface area contributed by atoms with Gasteiger partial charge in [-0.3, -0.25) is 4.79 Å². The van der Waals surface area contributed by atoms with E-state index >= 15 is 0 Å². The van der Waals surface area contributed by atoms with Crippen molar-refractivity contribution in [3.63, 3.8) is 0 Å². The van der Waals surface area contributed by atoms with Crippen LogP contribution in [0.3, 0.4) is 0 Å². The summed E-state index contributed by atoms with van der Waals surface area (Å²) >= 11 is 0. The van der Waals surface area contributed by atoms with E-state index in [1.54, 1.807) is 6.20 Å². The maximum Gasteiger partial charge on any atom is 0.225 e. The summed E-state index contributed by atoms with van der Waals surface area (Å²) in [7, 11) is 0. The lowest BCUT2D eigenvalue weighted by Crippen LogP contribution is -2.35. The number of rotatable bonds is 5. The van der Waals surface area contributed by atoms with Gasteiger partial charge in [0.2, 0.25) is 11.8 Å². The number of aromatic nitrogens is 1. The van der Waals surface area contributed by atoms with E-state index in [9.17, 15) is 4.79 Å². The van der Waals surface area contributed by atoms with Crippen LogP contribution >= 0.6 is 0 Å². The molecule has 2 rings (SSSR count). The maximum absolute atomic E-state index is 12.3. The molecule has 1 unspecified atom stereocenters. The molecule has 0 aliphatic carbocycles. The third-order valence-corrected chi connectivity index (χ3v) is 3.96. The van der Waals surface area contributed by atoms with Gasteiger partial charge in [-0.15, -0.1) is 0 Å². The predicted octanol–water partition coefficient (Wildman–Crippen LogP) is 2.81. The average Bonchev–Trinajstić information content (AvgIpc) is 2.91. The summed E-state index contributed by atoms with van der Waals surface area (Å²) in [5.41, 5.74) is 1.12. The first-order chi connectivity index (χ1) is 9.63. The molecule has 1 aromatic heterocycles. The van der Waals surface area contributed by atoms with Crippen molar-refractivity contribution in [2.45, 2.75) is 46.1 Å². The molecule has 4 heteroatoms. The first-order valence-corrected chi connectivity index (χ1v) is 7.52. The van der Waals surface area contributed by atoms with Crippen LogP contribution in [-0.2, 0) is 4.79 Å². The van der Waals surface area contributed by atoms with Gasteiger partial charge in [-0.1, -0.05) is 19.9 Å². The van der Waals surface area contributed by atoms with Crippen molar-refractivity contribution in [1.29, 1.82) is 0 Å². The predicted molar refractivity (Wildman–Crippen MR) is 78.7 cm³/mol. The quantitative estimate of drug-likeness (QED) is 0.830. The maximum atomic E-state index is 12.3. The monoisotopic (exact) mass is 276 g/mol. The summed E-state index contributed by atoms with van der Waals surface area (Å²) in [6.07, 6.45) is 4.59. The van der Waals surface area contributed by atoms with E-state index < -0.39 is 0 Å². The van der Waals surface area contributed by atoms with Gasteiger partial charge in [0.1, 0.15) is 6.10 Å². The molecule has 0 spiro atoms. The molecule has 0 aromatic carbocycles. The van der Waals surface area contributed by atoms with Crippen molar-refractivity contribution in [3.8, 4) is 5.88 Å². The standard InChI is InChI=1S/C16H24N2O2/c1-4-13(5-2)16(19)18-9-8-14(11-18)20-15-7-6-12(3)10-17-15/h6-7,10,13-14H,4-5,8-9,11H2,1-3H3. The fraction of sp³-hybridized carbons (Fsp3) is 0.625. The molecule has 2 heterocycles. The topological polar surface area (TPSA) is 42.4 Å². The lowest BCUT2D eigenvalue weighted by Gasteiger charge is -2.21. The number of ether oxygens (including phenoxy) is 1. The van der Waals surface area contributed by atoms with Crippen LogP contribution in [0.25, 0.3) is 0 Å². The van der Waals surface area contributed by atoms with E-state index in [2.05, 4.69) is 18.8 Å². The molecular weight excluding hydrogens is 252 g/mol. The van der Waals surface area contributed by atoms with Gasteiger partial charge >= 0.3 is 0 Å². The molecule has 110 valence electrons. The van der Waals surface area contributed by atoms with Crippen LogP contribution in [0.5, 0.6) is 5.88 Å². The number of hydrogen-bond donors (Lipinski definition) is 0. The first-order valence-electron chi connectivity index (χ1n) is 7.52. The molecule has 1 amide bonds. The molecule has 4 nitrogen and oxygen atoms in total. The van der Waals surface area contributed by atoms with E-state index in [1.165, 1.54) is 0 Å². The summed E-state index contributed by atoms with van der Waals surface area (Å²) in [6.45, 7) is 7.64. The minimum Gasteiger partial charge on any atom is -0.472 e. The van der Waals surface area contributed by atoms with Crippen molar-refractivity contribution < 1.29 is 9.53 Å². The summed E-state index contributed by atoms with van der Waals surface area (Å²) in [5.74, 6) is 1.08. The molecule has 1 atom stereocenters. The number of carbonyl (C=O) groups excluding carboxylic acids is 1. The van der Waals surface area contributed by atoms with E-state index in [1.807, 2.05) is 24.0 Å². The Hall–Kier alpha value is -1.58. The number of hydrogen-bond acceptors (Lipinski definition) is 3. The first kappa shape index (κ1) is 14.8. The minimum atomic E-state index is 0.0727. The molecule has 1 fully saturated rings. The third kappa shape index (κ3) is 3.50. The zero-order valence-corrected chi connectivity index (χ0v) is 12.6. The highest BCUT2D eigenvalue weighted by Gasteiger charge is 2.30. The van der Waals surface area contributed by atoms with Gasteiger partial charge in [-0.05, 0) is 25.3 Å². The van der Waals surface area contributed by atoms with Crippen molar-refractivity contribution in [3.05, 3.63) is 23.9 Å². The van der Waals surface area contributed by atoms with Gasteiger partial charge in [0, 0.05) is 31.1 Å². The second-order valence-corrected chi connectivity index (χ2v) is 5.50. The minimum absolute atomic E-state index is 0.0727. The normalized spacial score (nSPS) is 18.6. The highest BCUT2D eigenvalue weighted by molar-refractivity contribution is 5.79. The van der Waals surface area contributed by atoms with Crippen LogP contribution in [0.15, 0.2) is 18.3 Å². The second-order valence-electron chi connectivity index (χ2n) is 5.50. The van der Waals surface area contributed by atoms with Gasteiger partial charge in [0.15, 0.2) is 0 Å². The second kappa shape index (κ2) is 6.73. The Labute approximate surface area is 121 Å². The van der Waals surface area contributed by atoms with Gasteiger partial charge in [-0.25, -0.2) is 4.98 Å². The summed E-state index contributed by atoms with van der Waals surface area (Å²) in [5, 5.41) is 0. The molecule has 20 heavy (non-hydrogen) atoms. The molecular formula is C16H24N2O2. The van der Waals surface area contributed by atoms with E-state index in [0.717, 1.165) is 31.4 Å². The zero-order chi connectivity index (χ0) is 14.5. The Bertz CT molecular complexity index is 440. The number of carbonyl (C=O) groups is 1. The number of nitrogens with zero attached hydrogens (tertiary/aromatic N) is 2. The fourth-order valence-electron chi connectivity index (χ4n) is 2.62. The number of amides is 1. The Morgan fingerprint density at radius 1 is 1.45 bits per heavy atom. The molecule has 1 aromatic rings. The zero-order valence-electron chi connectivity index (χ0n) is 12.6. The van der Waals surface area contributed by atoms with Crippen molar-refractivity contribution >= 4 is 5.91 Å². The van der Waals surface area contributed by atoms with Crippen LogP contribution < -0.4 is 4.74 Å². The summed E-state index contributed by atoms with van der Waals surface area (Å²) in [6, 6.07) is 3.88. The highest BCUT2D eigenvalue weighted by atomic mass is 16.5. The fourth-order valence-corrected chi connectivity index (χ4v) is 2.62. The van der Waals surface area contributed by atoms with Crippen LogP contribution in [0.1, 0.15) is 38.7 Å². The van der Waals surface area contributed by atoms with Crippen LogP contribution in [0.4, 0.5) is 0 Å². The van der Waals surface area contributed by atoms with Gasteiger partial charge < -0.3 is 9.64 Å². The van der Waals surface area contributed by atoms with Crippen molar-refractivity contribution in [2.75, 3.05) is 13.1 Å². The summed E-state index contributed by atoms with van der Waals surface area (Å²) < 4.78 is 5.85. The van der Waals surface area contributed by atoms with Crippen LogP contribution in [-0.4, -0.2) is 35.0 Å². The lowest BCUT2D eigenvalue weighted by atomic mass is 10.0. The van der Waals surface area contributed by atoms with E-state index in [0.29, 0.717) is 12.4 Å². The van der Waals surface area contributed by atoms with Crippen LogP contribution in [0, 0.1) is 12.8 Å². The number of aryl methyl sites for hydroxylation is 1. The van der Waals surface area contributed by atoms with Crippen molar-refractivity contribution in [2.24, 2.45) is 5.92 Å². The molecule has 0 bridgehead atoms. The molecule has 1 aliphatic rings. The Balaban J connectivity index is 1.89. The summed E-state index contributed by atoms with van der Waals surface area (Å²) in [4.78, 5) is 18.5. The lowest BCUT2D eigenvalue weighted by molar-refractivity contribution is -0.134. The molecule has 0 N–H and O–H groups in total. The van der Waals surface area contributed by atoms with Crippen molar-refractivity contribution in [1.82, 2.24) is 9.88 Å². The third-order valence-electron chi connectivity index (χ3n) is 3.96. The number of likely N-dealkylation sites (tertiary alicyclic amines) is 1. The molecule has 0 radical (unpaired) electrons. The Morgan fingerprint density at radius 2 is 2.20 bits per heavy atom. The average molecular weight is 276 g/mol. The van der Waals surface area contributed by atoms with Gasteiger partial charge in [0.25, 0.3) is 0 Å². The Kier molecular flexibility index (Phi) is 4.99. The smallest absolute Gasteiger partial charge is 0.225 e. The molecule has 1 aliphatic heterocycles. The van der Waals surface area contributed by atoms with E-state index in [4.69, 9.17) is 4.74 Å².